The van der Waals surface area contributed by atoms with Crippen molar-refractivity contribution in [2.24, 2.45) is 5.92 Å². The first-order valence-electron chi connectivity index (χ1n) is 3.47. The summed E-state index contributed by atoms with van der Waals surface area (Å²) >= 11 is 0. The fraction of sp³-hybridized carbons (Fsp3) is 0.857. The molecule has 0 saturated carbocycles. The lowest BCUT2D eigenvalue weighted by atomic mass is 10.1. The molecule has 0 bridgehead atoms. The van der Waals surface area contributed by atoms with Gasteiger partial charge in [0, 0.05) is 19.6 Å². The number of esters is 1. The van der Waals surface area contributed by atoms with Crippen molar-refractivity contribution in [3.63, 3.8) is 0 Å². The quantitative estimate of drug-likeness (QED) is 0.544. The van der Waals surface area contributed by atoms with Gasteiger partial charge in [-0.2, -0.15) is 0 Å². The average Bonchev–Trinajstić information content (AvgIpc) is 2.31. The van der Waals surface area contributed by atoms with E-state index in [1.165, 1.54) is 0 Å². The van der Waals surface area contributed by atoms with Gasteiger partial charge in [-0.1, -0.05) is 0 Å². The Balaban J connectivity index is 2.12. The van der Waals surface area contributed by atoms with Gasteiger partial charge in [0.2, 0.25) is 0 Å². The third kappa shape index (κ3) is 1.99. The van der Waals surface area contributed by atoms with Gasteiger partial charge in [0.05, 0.1) is 13.0 Å². The third-order valence-electron chi connectivity index (χ3n) is 1.67. The zero-order valence-corrected chi connectivity index (χ0v) is 6.13. The van der Waals surface area contributed by atoms with Crippen molar-refractivity contribution >= 4 is 5.97 Å². The fourth-order valence-corrected chi connectivity index (χ4v) is 1.03. The van der Waals surface area contributed by atoms with Crippen molar-refractivity contribution in [1.29, 1.82) is 0 Å². The largest absolute Gasteiger partial charge is 0.465 e. The van der Waals surface area contributed by atoms with Crippen LogP contribution >= 0.6 is 0 Å². The topological polar surface area (TPSA) is 35.5 Å². The van der Waals surface area contributed by atoms with E-state index in [1.807, 2.05) is 0 Å². The van der Waals surface area contributed by atoms with Crippen LogP contribution in [0.3, 0.4) is 0 Å². The van der Waals surface area contributed by atoms with Gasteiger partial charge in [0.15, 0.2) is 0 Å². The summed E-state index contributed by atoms with van der Waals surface area (Å²) in [6, 6.07) is 0. The van der Waals surface area contributed by atoms with Gasteiger partial charge >= 0.3 is 5.97 Å². The van der Waals surface area contributed by atoms with Crippen molar-refractivity contribution in [1.82, 2.24) is 0 Å². The molecule has 0 aliphatic carbocycles. The molecule has 1 heterocycles. The molecular weight excluding hydrogens is 132 g/mol. The molecule has 58 valence electrons. The van der Waals surface area contributed by atoms with Crippen LogP contribution in [0.25, 0.3) is 0 Å². The van der Waals surface area contributed by atoms with E-state index in [4.69, 9.17) is 9.47 Å². The lowest BCUT2D eigenvalue weighted by Gasteiger charge is -2.02. The van der Waals surface area contributed by atoms with E-state index < -0.39 is 0 Å². The predicted octanol–water partition coefficient (Wildman–Crippen LogP) is 0.586. The minimum Gasteiger partial charge on any atom is -0.465 e. The van der Waals surface area contributed by atoms with Crippen LogP contribution in [0.1, 0.15) is 12.8 Å². The van der Waals surface area contributed by atoms with Crippen LogP contribution < -0.4 is 0 Å². The molecule has 3 heteroatoms. The normalized spacial score (nSPS) is 24.9. The van der Waals surface area contributed by atoms with E-state index in [9.17, 15) is 4.79 Å². The van der Waals surface area contributed by atoms with Crippen LogP contribution in [0, 0.1) is 5.92 Å². The third-order valence-corrected chi connectivity index (χ3v) is 1.67. The molecule has 1 aliphatic heterocycles. The van der Waals surface area contributed by atoms with Crippen molar-refractivity contribution in [2.75, 3.05) is 20.3 Å². The number of carbonyl (C=O) groups is 1. The second-order valence-electron chi connectivity index (χ2n) is 2.53. The molecule has 0 radical (unpaired) electrons. The Labute approximate surface area is 60.3 Å². The monoisotopic (exact) mass is 144 g/mol. The number of cyclic esters (lactones) is 1. The highest BCUT2D eigenvalue weighted by Crippen LogP contribution is 2.16. The van der Waals surface area contributed by atoms with Crippen LogP contribution in [0.5, 0.6) is 0 Å². The molecular formula is C7H12O3. The smallest absolute Gasteiger partial charge is 0.306 e. The second-order valence-corrected chi connectivity index (χ2v) is 2.53. The van der Waals surface area contributed by atoms with E-state index in [0.29, 0.717) is 18.9 Å². The van der Waals surface area contributed by atoms with Crippen LogP contribution in [0.15, 0.2) is 0 Å². The van der Waals surface area contributed by atoms with E-state index in [1.54, 1.807) is 7.11 Å². The predicted molar refractivity (Wildman–Crippen MR) is 35.6 cm³/mol. The van der Waals surface area contributed by atoms with Crippen molar-refractivity contribution in [3.8, 4) is 0 Å². The van der Waals surface area contributed by atoms with Gasteiger partial charge in [-0.15, -0.1) is 0 Å². The fourth-order valence-electron chi connectivity index (χ4n) is 1.03. The zero-order valence-electron chi connectivity index (χ0n) is 6.13. The van der Waals surface area contributed by atoms with Crippen molar-refractivity contribution in [3.05, 3.63) is 0 Å². The molecule has 10 heavy (non-hydrogen) atoms. The van der Waals surface area contributed by atoms with Gasteiger partial charge in [-0.25, -0.2) is 0 Å². The first-order chi connectivity index (χ1) is 4.83. The summed E-state index contributed by atoms with van der Waals surface area (Å²) in [4.78, 5) is 10.6. The molecule has 1 atom stereocenters. The van der Waals surface area contributed by atoms with E-state index in [2.05, 4.69) is 0 Å². The Kier molecular flexibility index (Phi) is 2.68. The van der Waals surface area contributed by atoms with Crippen molar-refractivity contribution < 1.29 is 14.3 Å². The summed E-state index contributed by atoms with van der Waals surface area (Å²) in [6.45, 7) is 1.31. The average molecular weight is 144 g/mol. The van der Waals surface area contributed by atoms with Crippen LogP contribution in [-0.2, 0) is 14.3 Å². The number of carbonyl (C=O) groups excluding carboxylic acids is 1. The number of methoxy groups -OCH3 is 1. The Morgan fingerprint density at radius 2 is 2.60 bits per heavy atom. The van der Waals surface area contributed by atoms with Gasteiger partial charge in [0.25, 0.3) is 0 Å². The Bertz CT molecular complexity index is 122. The van der Waals surface area contributed by atoms with Gasteiger partial charge in [-0.05, 0) is 6.42 Å². The highest BCUT2D eigenvalue weighted by Gasteiger charge is 2.22. The maximum Gasteiger partial charge on any atom is 0.306 e. The maximum absolute atomic E-state index is 10.6. The summed E-state index contributed by atoms with van der Waals surface area (Å²) in [5, 5.41) is 0. The molecule has 1 unspecified atom stereocenters. The Morgan fingerprint density at radius 1 is 1.80 bits per heavy atom. The highest BCUT2D eigenvalue weighted by molar-refractivity contribution is 5.71. The summed E-state index contributed by atoms with van der Waals surface area (Å²) in [7, 11) is 1.66. The summed E-state index contributed by atoms with van der Waals surface area (Å²) in [5.41, 5.74) is 0. The molecule has 0 aromatic rings. The molecule has 1 saturated heterocycles. The minimum atomic E-state index is -0.0684. The molecule has 1 fully saturated rings. The second kappa shape index (κ2) is 3.56. The first kappa shape index (κ1) is 7.54. The molecule has 1 aliphatic rings. The number of hydrogen-bond donors (Lipinski definition) is 0. The van der Waals surface area contributed by atoms with Gasteiger partial charge in [0.1, 0.15) is 0 Å². The molecule has 0 aromatic heterocycles. The summed E-state index contributed by atoms with van der Waals surface area (Å²) in [6.07, 6.45) is 1.51. The van der Waals surface area contributed by atoms with E-state index >= 15 is 0 Å². The maximum atomic E-state index is 10.6. The molecule has 0 N–H and O–H groups in total. The highest BCUT2D eigenvalue weighted by atomic mass is 16.5. The first-order valence-corrected chi connectivity index (χ1v) is 3.47. The van der Waals surface area contributed by atoms with E-state index in [0.717, 1.165) is 13.0 Å². The molecule has 0 aromatic carbocycles. The number of rotatable bonds is 3. The molecule has 0 amide bonds. The SMILES string of the molecule is COCCC1COC(=O)C1. The van der Waals surface area contributed by atoms with Gasteiger partial charge in [-0.3, -0.25) is 4.79 Å². The summed E-state index contributed by atoms with van der Waals surface area (Å²) < 4.78 is 9.64. The standard InChI is InChI=1S/C7H12O3/c1-9-3-2-6-4-7(8)10-5-6/h6H,2-5H2,1H3. The number of hydrogen-bond acceptors (Lipinski definition) is 3. The van der Waals surface area contributed by atoms with E-state index in [-0.39, 0.29) is 5.97 Å². The number of ether oxygens (including phenoxy) is 2. The van der Waals surface area contributed by atoms with Crippen molar-refractivity contribution in [2.45, 2.75) is 12.8 Å². The molecule has 3 nitrogen and oxygen atoms in total. The lowest BCUT2D eigenvalue weighted by molar-refractivity contribution is -0.137. The molecule has 1 rings (SSSR count). The van der Waals surface area contributed by atoms with Crippen LogP contribution in [0.4, 0.5) is 0 Å². The van der Waals surface area contributed by atoms with Crippen LogP contribution in [-0.4, -0.2) is 26.3 Å². The minimum absolute atomic E-state index is 0.0684. The lowest BCUT2D eigenvalue weighted by Crippen LogP contribution is -2.03. The Morgan fingerprint density at radius 3 is 3.10 bits per heavy atom. The van der Waals surface area contributed by atoms with Gasteiger partial charge < -0.3 is 9.47 Å². The molecule has 0 spiro atoms. The summed E-state index contributed by atoms with van der Waals surface area (Å²) in [5.74, 6) is 0.327. The Hall–Kier alpha value is -0.570. The zero-order chi connectivity index (χ0) is 7.40. The van der Waals surface area contributed by atoms with Crippen LogP contribution in [0.2, 0.25) is 0 Å².